The number of halogens is 1. The average Bonchev–Trinajstić information content (AvgIpc) is 3.19. The highest BCUT2D eigenvalue weighted by Gasteiger charge is 2.20. The summed E-state index contributed by atoms with van der Waals surface area (Å²) in [5.74, 6) is 0.358. The molecule has 0 spiro atoms. The van der Waals surface area contributed by atoms with Gasteiger partial charge in [-0.25, -0.2) is 0 Å². The van der Waals surface area contributed by atoms with E-state index in [1.807, 2.05) is 37.5 Å². The van der Waals surface area contributed by atoms with E-state index < -0.39 is 0 Å². The van der Waals surface area contributed by atoms with Gasteiger partial charge in [-0.1, -0.05) is 53.2 Å². The molecule has 2 aromatic carbocycles. The molecule has 0 fully saturated rings. The third kappa shape index (κ3) is 6.24. The topological polar surface area (TPSA) is 88.9 Å². The molecule has 0 aliphatic heterocycles. The highest BCUT2D eigenvalue weighted by Crippen LogP contribution is 2.24. The minimum atomic E-state index is -0.386. The van der Waals surface area contributed by atoms with Gasteiger partial charge in [0.05, 0.1) is 11.8 Å². The summed E-state index contributed by atoms with van der Waals surface area (Å²) in [6.45, 7) is 9.91. The standard InChI is InChI=1S/C24H26ClN5O2S/c1-5-13-30-22(17(4)26-23(32)18-11-9-15(2)10-12-18)28-29-24(30)33-14-21(31)27-20-8-6-7-19(25)16(20)3/h5-12,17H,1,13-14H2,2-4H3,(H,26,32)(H,27,31)/t17-/m0/s1. The lowest BCUT2D eigenvalue weighted by Gasteiger charge is -2.15. The van der Waals surface area contributed by atoms with E-state index in [0.717, 1.165) is 11.1 Å². The van der Waals surface area contributed by atoms with Gasteiger partial charge in [-0.2, -0.15) is 0 Å². The van der Waals surface area contributed by atoms with Crippen LogP contribution < -0.4 is 10.6 Å². The van der Waals surface area contributed by atoms with E-state index in [4.69, 9.17) is 11.6 Å². The van der Waals surface area contributed by atoms with Crippen LogP contribution in [0.5, 0.6) is 0 Å². The smallest absolute Gasteiger partial charge is 0.251 e. The second-order valence-electron chi connectivity index (χ2n) is 7.55. The van der Waals surface area contributed by atoms with Crippen LogP contribution in [0.1, 0.15) is 40.3 Å². The second-order valence-corrected chi connectivity index (χ2v) is 8.90. The van der Waals surface area contributed by atoms with Gasteiger partial charge >= 0.3 is 0 Å². The number of carbonyl (C=O) groups is 2. The van der Waals surface area contributed by atoms with Crippen LogP contribution in [0.15, 0.2) is 60.3 Å². The lowest BCUT2D eigenvalue weighted by molar-refractivity contribution is -0.113. The number of amides is 2. The predicted octanol–water partition coefficient (Wildman–Crippen LogP) is 4.96. The number of nitrogens with zero attached hydrogens (tertiary/aromatic N) is 3. The number of hydrogen-bond donors (Lipinski definition) is 2. The lowest BCUT2D eigenvalue weighted by atomic mass is 10.1. The molecular formula is C24H26ClN5O2S. The minimum Gasteiger partial charge on any atom is -0.342 e. The highest BCUT2D eigenvalue weighted by molar-refractivity contribution is 7.99. The number of carbonyl (C=O) groups excluding carboxylic acids is 2. The van der Waals surface area contributed by atoms with Crippen LogP contribution in [0.25, 0.3) is 0 Å². The molecule has 3 rings (SSSR count). The Hall–Kier alpha value is -3.10. The molecule has 9 heteroatoms. The van der Waals surface area contributed by atoms with Crippen molar-refractivity contribution in [2.75, 3.05) is 11.1 Å². The van der Waals surface area contributed by atoms with Crippen molar-refractivity contribution < 1.29 is 9.59 Å². The maximum Gasteiger partial charge on any atom is 0.251 e. The average molecular weight is 484 g/mol. The van der Waals surface area contributed by atoms with Crippen LogP contribution >= 0.6 is 23.4 Å². The number of allylic oxidation sites excluding steroid dienone is 1. The Kier molecular flexibility index (Phi) is 8.30. The van der Waals surface area contributed by atoms with Crippen molar-refractivity contribution >= 4 is 40.9 Å². The summed E-state index contributed by atoms with van der Waals surface area (Å²) in [5, 5.41) is 15.5. The van der Waals surface area contributed by atoms with Crippen molar-refractivity contribution in [3.63, 3.8) is 0 Å². The molecule has 3 aromatic rings. The van der Waals surface area contributed by atoms with Gasteiger partial charge in [-0.05, 0) is 50.6 Å². The van der Waals surface area contributed by atoms with Gasteiger partial charge in [-0.3, -0.25) is 9.59 Å². The summed E-state index contributed by atoms with van der Waals surface area (Å²) in [5.41, 5.74) is 3.15. The molecule has 0 unspecified atom stereocenters. The van der Waals surface area contributed by atoms with Crippen molar-refractivity contribution in [1.82, 2.24) is 20.1 Å². The monoisotopic (exact) mass is 483 g/mol. The van der Waals surface area contributed by atoms with Crippen LogP contribution in [-0.2, 0) is 11.3 Å². The summed E-state index contributed by atoms with van der Waals surface area (Å²) in [7, 11) is 0. The fourth-order valence-electron chi connectivity index (χ4n) is 3.14. The molecule has 0 saturated carbocycles. The van der Waals surface area contributed by atoms with Gasteiger partial charge in [0.15, 0.2) is 11.0 Å². The molecule has 0 radical (unpaired) electrons. The zero-order chi connectivity index (χ0) is 24.0. The summed E-state index contributed by atoms with van der Waals surface area (Å²) < 4.78 is 1.84. The maximum atomic E-state index is 12.6. The normalized spacial score (nSPS) is 11.6. The molecule has 1 aromatic heterocycles. The van der Waals surface area contributed by atoms with E-state index in [1.54, 1.807) is 36.4 Å². The maximum absolute atomic E-state index is 12.6. The van der Waals surface area contributed by atoms with E-state index in [0.29, 0.717) is 33.8 Å². The largest absolute Gasteiger partial charge is 0.342 e. The first-order valence-corrected chi connectivity index (χ1v) is 11.8. The van der Waals surface area contributed by atoms with E-state index in [-0.39, 0.29) is 23.6 Å². The number of anilines is 1. The zero-order valence-corrected chi connectivity index (χ0v) is 20.3. The SMILES string of the molecule is C=CCn1c(SCC(=O)Nc2cccc(Cl)c2C)nnc1[C@H](C)NC(=O)c1ccc(C)cc1. The van der Waals surface area contributed by atoms with Crippen molar-refractivity contribution in [3.05, 3.63) is 82.7 Å². The fourth-order valence-corrected chi connectivity index (χ4v) is 4.07. The molecule has 2 N–H and O–H groups in total. The summed E-state index contributed by atoms with van der Waals surface area (Å²) in [6, 6.07) is 12.3. The molecule has 0 aliphatic carbocycles. The third-order valence-electron chi connectivity index (χ3n) is 4.98. The molecule has 0 bridgehead atoms. The van der Waals surface area contributed by atoms with Gasteiger partial charge in [0.2, 0.25) is 5.91 Å². The van der Waals surface area contributed by atoms with E-state index >= 15 is 0 Å². The molecule has 0 saturated heterocycles. The number of thioether (sulfide) groups is 1. The number of hydrogen-bond acceptors (Lipinski definition) is 5. The van der Waals surface area contributed by atoms with E-state index in [2.05, 4.69) is 27.4 Å². The fraction of sp³-hybridized carbons (Fsp3) is 0.250. The van der Waals surface area contributed by atoms with Crippen LogP contribution in [0, 0.1) is 13.8 Å². The van der Waals surface area contributed by atoms with Crippen LogP contribution in [-0.4, -0.2) is 32.3 Å². The van der Waals surface area contributed by atoms with Crippen molar-refractivity contribution in [1.29, 1.82) is 0 Å². The molecule has 2 amide bonds. The summed E-state index contributed by atoms with van der Waals surface area (Å²) >= 11 is 7.39. The Morgan fingerprint density at radius 1 is 1.18 bits per heavy atom. The van der Waals surface area contributed by atoms with Gasteiger partial charge in [-0.15, -0.1) is 16.8 Å². The molecule has 1 heterocycles. The second kappa shape index (κ2) is 11.2. The van der Waals surface area contributed by atoms with Gasteiger partial charge in [0.25, 0.3) is 5.91 Å². The number of benzene rings is 2. The van der Waals surface area contributed by atoms with Crippen molar-refractivity contribution in [2.24, 2.45) is 0 Å². The molecule has 33 heavy (non-hydrogen) atoms. The van der Waals surface area contributed by atoms with Gasteiger partial charge in [0, 0.05) is 22.8 Å². The predicted molar refractivity (Wildman–Crippen MR) is 133 cm³/mol. The number of rotatable bonds is 9. The number of aryl methyl sites for hydroxylation is 1. The van der Waals surface area contributed by atoms with E-state index in [1.165, 1.54) is 11.8 Å². The molecule has 1 atom stereocenters. The lowest BCUT2D eigenvalue weighted by Crippen LogP contribution is -2.28. The van der Waals surface area contributed by atoms with Crippen molar-refractivity contribution in [3.8, 4) is 0 Å². The zero-order valence-electron chi connectivity index (χ0n) is 18.8. The first-order valence-electron chi connectivity index (χ1n) is 10.4. The third-order valence-corrected chi connectivity index (χ3v) is 6.36. The molecule has 0 aliphatic rings. The Balaban J connectivity index is 1.67. The molecule has 172 valence electrons. The van der Waals surface area contributed by atoms with Crippen LogP contribution in [0.4, 0.5) is 5.69 Å². The van der Waals surface area contributed by atoms with Crippen molar-refractivity contribution in [2.45, 2.75) is 38.5 Å². The Labute approximate surface area is 202 Å². The first kappa shape index (κ1) is 24.5. The van der Waals surface area contributed by atoms with Gasteiger partial charge < -0.3 is 15.2 Å². The Morgan fingerprint density at radius 3 is 2.61 bits per heavy atom. The van der Waals surface area contributed by atoms with Crippen LogP contribution in [0.3, 0.4) is 0 Å². The van der Waals surface area contributed by atoms with Gasteiger partial charge in [0.1, 0.15) is 0 Å². The minimum absolute atomic E-state index is 0.144. The molecule has 7 nitrogen and oxygen atoms in total. The summed E-state index contributed by atoms with van der Waals surface area (Å²) in [6.07, 6.45) is 1.72. The quantitative estimate of drug-likeness (QED) is 0.332. The Morgan fingerprint density at radius 2 is 1.91 bits per heavy atom. The van der Waals surface area contributed by atoms with Crippen LogP contribution in [0.2, 0.25) is 5.02 Å². The first-order chi connectivity index (χ1) is 15.8. The summed E-state index contributed by atoms with van der Waals surface area (Å²) in [4.78, 5) is 25.1. The highest BCUT2D eigenvalue weighted by atomic mass is 35.5. The molecular weight excluding hydrogens is 458 g/mol. The number of nitrogens with one attached hydrogen (secondary N) is 2. The van der Waals surface area contributed by atoms with E-state index in [9.17, 15) is 9.59 Å². The number of aromatic nitrogens is 3. The Bertz CT molecular complexity index is 1160.